The van der Waals surface area contributed by atoms with Gasteiger partial charge in [-0.15, -0.1) is 0 Å². The number of unbranched alkanes of at least 4 members (excludes halogenated alkanes) is 2. The lowest BCUT2D eigenvalue weighted by Crippen LogP contribution is -1.69. The van der Waals surface area contributed by atoms with Crippen molar-refractivity contribution in [3.63, 3.8) is 0 Å². The number of hydrogen-bond acceptors (Lipinski definition) is 1. The van der Waals surface area contributed by atoms with Gasteiger partial charge in [0.2, 0.25) is 0 Å². The first kappa shape index (κ1) is 16.3. The van der Waals surface area contributed by atoms with Gasteiger partial charge in [0.15, 0.2) is 0 Å². The summed E-state index contributed by atoms with van der Waals surface area (Å²) in [4.78, 5) is 9.44. The molecule has 0 fully saturated rings. The van der Waals surface area contributed by atoms with Gasteiger partial charge in [-0.05, 0) is 13.8 Å². The van der Waals surface area contributed by atoms with Crippen molar-refractivity contribution in [2.24, 2.45) is 0 Å². The van der Waals surface area contributed by atoms with Crippen molar-refractivity contribution in [2.45, 2.75) is 47.0 Å². The second-order valence-corrected chi connectivity index (χ2v) is 2.26. The molecule has 0 aliphatic carbocycles. The largest absolute Gasteiger partial charge is 0.412 e. The van der Waals surface area contributed by atoms with Crippen LogP contribution in [-0.2, 0) is 4.79 Å². The third-order valence-corrected chi connectivity index (χ3v) is 0.707. The van der Waals surface area contributed by atoms with E-state index in [0.29, 0.717) is 0 Å². The van der Waals surface area contributed by atoms with Gasteiger partial charge in [-0.1, -0.05) is 33.1 Å². The van der Waals surface area contributed by atoms with E-state index in [1.807, 2.05) is 0 Å². The fourth-order valence-electron chi connectivity index (χ4n) is 0.354. The predicted octanol–water partition coefficient (Wildman–Crippen LogP) is 1.97. The van der Waals surface area contributed by atoms with Gasteiger partial charge in [-0.25, -0.2) is 0 Å². The average Bonchev–Trinajstić information content (AvgIpc) is 1.66. The Morgan fingerprint density at radius 2 is 1.30 bits per heavy atom. The minimum Gasteiger partial charge on any atom is -0.412 e. The molecule has 0 spiro atoms. The van der Waals surface area contributed by atoms with Gasteiger partial charge in [-0.2, -0.15) is 0 Å². The standard InChI is InChI=1S/C5H12.C3H6O.H2O/c1-3-5-4-2;1-3(2)4;/h3-5H2,1-2H3;1-2H3;1H2. The van der Waals surface area contributed by atoms with Gasteiger partial charge in [0.25, 0.3) is 0 Å². The molecule has 0 aromatic rings. The highest BCUT2D eigenvalue weighted by atomic mass is 16.1. The first-order chi connectivity index (χ1) is 4.15. The number of rotatable bonds is 2. The number of ketones is 1. The molecule has 0 bridgehead atoms. The Morgan fingerprint density at radius 1 is 1.10 bits per heavy atom. The summed E-state index contributed by atoms with van der Waals surface area (Å²) in [5.41, 5.74) is 0. The molecule has 2 heteroatoms. The van der Waals surface area contributed by atoms with Crippen molar-refractivity contribution in [3.05, 3.63) is 0 Å². The zero-order valence-electron chi connectivity index (χ0n) is 7.53. The molecular weight excluding hydrogens is 128 g/mol. The summed E-state index contributed by atoms with van der Waals surface area (Å²) in [7, 11) is 0. The van der Waals surface area contributed by atoms with Crippen molar-refractivity contribution in [1.82, 2.24) is 0 Å². The lowest BCUT2D eigenvalue weighted by atomic mass is 10.3. The average molecular weight is 148 g/mol. The zero-order valence-corrected chi connectivity index (χ0v) is 7.53. The van der Waals surface area contributed by atoms with Crippen molar-refractivity contribution < 1.29 is 10.3 Å². The van der Waals surface area contributed by atoms with E-state index in [1.165, 1.54) is 33.1 Å². The van der Waals surface area contributed by atoms with Gasteiger partial charge < -0.3 is 10.3 Å². The van der Waals surface area contributed by atoms with Crippen molar-refractivity contribution in [1.29, 1.82) is 0 Å². The van der Waals surface area contributed by atoms with Crippen LogP contribution in [0.25, 0.3) is 0 Å². The Balaban J connectivity index is -0.0000000910. The van der Waals surface area contributed by atoms with Crippen LogP contribution in [-0.4, -0.2) is 11.3 Å². The molecule has 0 saturated heterocycles. The molecule has 64 valence electrons. The summed E-state index contributed by atoms with van der Waals surface area (Å²) in [5.74, 6) is 0.167. The van der Waals surface area contributed by atoms with Crippen LogP contribution in [0.3, 0.4) is 0 Å². The SMILES string of the molecule is CC(C)=O.CCCCC.O. The Hall–Kier alpha value is -0.370. The van der Waals surface area contributed by atoms with Crippen molar-refractivity contribution in [3.8, 4) is 0 Å². The Labute approximate surface area is 63.9 Å². The van der Waals surface area contributed by atoms with Crippen LogP contribution in [0.4, 0.5) is 0 Å². The molecule has 0 amide bonds. The van der Waals surface area contributed by atoms with Gasteiger partial charge in [0.1, 0.15) is 5.78 Å². The molecule has 0 aliphatic heterocycles. The molecule has 0 rings (SSSR count). The normalized spacial score (nSPS) is 6.80. The van der Waals surface area contributed by atoms with Gasteiger partial charge in [-0.3, -0.25) is 0 Å². The minimum absolute atomic E-state index is 0. The highest BCUT2D eigenvalue weighted by Crippen LogP contribution is 1.88. The first-order valence-corrected chi connectivity index (χ1v) is 3.62. The fraction of sp³-hybridized carbons (Fsp3) is 0.875. The van der Waals surface area contributed by atoms with E-state index in [4.69, 9.17) is 0 Å². The molecule has 10 heavy (non-hydrogen) atoms. The summed E-state index contributed by atoms with van der Waals surface area (Å²) in [6, 6.07) is 0. The van der Waals surface area contributed by atoms with Crippen LogP contribution in [0.15, 0.2) is 0 Å². The maximum absolute atomic E-state index is 9.44. The number of Topliss-reactive ketones (excluding diaryl/α,β-unsaturated/α-hetero) is 1. The van der Waals surface area contributed by atoms with Gasteiger partial charge >= 0.3 is 0 Å². The molecule has 0 aromatic carbocycles. The van der Waals surface area contributed by atoms with E-state index in [0.717, 1.165) is 0 Å². The Morgan fingerprint density at radius 3 is 1.30 bits per heavy atom. The molecule has 0 heterocycles. The monoisotopic (exact) mass is 148 g/mol. The maximum Gasteiger partial charge on any atom is 0.126 e. The summed E-state index contributed by atoms with van der Waals surface area (Å²) in [5, 5.41) is 0. The van der Waals surface area contributed by atoms with Crippen molar-refractivity contribution in [2.75, 3.05) is 0 Å². The summed E-state index contributed by atoms with van der Waals surface area (Å²) < 4.78 is 0. The van der Waals surface area contributed by atoms with Crippen LogP contribution in [0.2, 0.25) is 0 Å². The fourth-order valence-corrected chi connectivity index (χ4v) is 0.354. The highest BCUT2D eigenvalue weighted by molar-refractivity contribution is 5.72. The summed E-state index contributed by atoms with van der Waals surface area (Å²) in [6.45, 7) is 7.48. The van der Waals surface area contributed by atoms with Crippen LogP contribution < -0.4 is 0 Å². The van der Waals surface area contributed by atoms with E-state index in [-0.39, 0.29) is 11.3 Å². The van der Waals surface area contributed by atoms with E-state index in [2.05, 4.69) is 13.8 Å². The lowest BCUT2D eigenvalue weighted by Gasteiger charge is -1.79. The number of carbonyl (C=O) groups excluding carboxylic acids is 1. The van der Waals surface area contributed by atoms with E-state index in [1.54, 1.807) is 0 Å². The Kier molecular flexibility index (Phi) is 25.9. The second kappa shape index (κ2) is 15.9. The molecule has 0 unspecified atom stereocenters. The van der Waals surface area contributed by atoms with E-state index < -0.39 is 0 Å². The first-order valence-electron chi connectivity index (χ1n) is 3.62. The summed E-state index contributed by atoms with van der Waals surface area (Å²) >= 11 is 0. The minimum atomic E-state index is 0. The molecule has 2 nitrogen and oxygen atoms in total. The summed E-state index contributed by atoms with van der Waals surface area (Å²) in [6.07, 6.45) is 4.08. The van der Waals surface area contributed by atoms with E-state index in [9.17, 15) is 4.79 Å². The lowest BCUT2D eigenvalue weighted by molar-refractivity contribution is -0.114. The molecule has 2 N–H and O–H groups in total. The predicted molar refractivity (Wildman–Crippen MR) is 45.2 cm³/mol. The maximum atomic E-state index is 9.44. The third kappa shape index (κ3) is 126. The number of hydrogen-bond donors (Lipinski definition) is 0. The van der Waals surface area contributed by atoms with E-state index >= 15 is 0 Å². The zero-order chi connectivity index (χ0) is 7.70. The Bertz CT molecular complexity index is 54.3. The molecule has 0 saturated carbocycles. The van der Waals surface area contributed by atoms with Crippen LogP contribution in [0.1, 0.15) is 47.0 Å². The van der Waals surface area contributed by atoms with Crippen LogP contribution in [0, 0.1) is 0 Å². The van der Waals surface area contributed by atoms with Crippen LogP contribution in [0.5, 0.6) is 0 Å². The van der Waals surface area contributed by atoms with Gasteiger partial charge in [0.05, 0.1) is 0 Å². The molecular formula is C8H20O2. The molecule has 0 aromatic heterocycles. The second-order valence-electron chi connectivity index (χ2n) is 2.26. The molecule has 0 atom stereocenters. The molecule has 0 radical (unpaired) electrons. The number of carbonyl (C=O) groups is 1. The van der Waals surface area contributed by atoms with Gasteiger partial charge in [0, 0.05) is 0 Å². The van der Waals surface area contributed by atoms with Crippen LogP contribution >= 0.6 is 0 Å². The topological polar surface area (TPSA) is 48.6 Å². The highest BCUT2D eigenvalue weighted by Gasteiger charge is 1.68. The quantitative estimate of drug-likeness (QED) is 0.590. The third-order valence-electron chi connectivity index (χ3n) is 0.707. The van der Waals surface area contributed by atoms with Crippen molar-refractivity contribution >= 4 is 5.78 Å². The molecule has 0 aliphatic rings. The smallest absolute Gasteiger partial charge is 0.126 e.